The summed E-state index contributed by atoms with van der Waals surface area (Å²) >= 11 is 1.97. The van der Waals surface area contributed by atoms with E-state index < -0.39 is 0 Å². The van der Waals surface area contributed by atoms with E-state index in [2.05, 4.69) is 31.7 Å². The van der Waals surface area contributed by atoms with Crippen molar-refractivity contribution in [2.75, 3.05) is 62.2 Å². The Bertz CT molecular complexity index is 797. The molecule has 0 radical (unpaired) electrons. The van der Waals surface area contributed by atoms with Crippen LogP contribution < -0.4 is 4.90 Å². The quantitative estimate of drug-likeness (QED) is 0.750. The van der Waals surface area contributed by atoms with Crippen molar-refractivity contribution in [2.45, 2.75) is 13.3 Å². The lowest BCUT2D eigenvalue weighted by molar-refractivity contribution is 0.0632. The van der Waals surface area contributed by atoms with Crippen LogP contribution in [-0.2, 0) is 0 Å². The van der Waals surface area contributed by atoms with E-state index in [1.54, 1.807) is 18.9 Å². The van der Waals surface area contributed by atoms with Gasteiger partial charge in [0.1, 0.15) is 30.0 Å². The molecule has 2 aliphatic rings. The number of nitrogens with zero attached hydrogens (tertiary/aromatic N) is 7. The summed E-state index contributed by atoms with van der Waals surface area (Å²) in [7, 11) is 0. The van der Waals surface area contributed by atoms with Crippen molar-refractivity contribution in [3.63, 3.8) is 0 Å². The monoisotopic (exact) mass is 401 g/mol. The van der Waals surface area contributed by atoms with Gasteiger partial charge in [-0.1, -0.05) is 6.92 Å². The summed E-state index contributed by atoms with van der Waals surface area (Å²) in [6.45, 7) is 8.67. The molecule has 2 aromatic rings. The van der Waals surface area contributed by atoms with Gasteiger partial charge in [-0.15, -0.1) is 0 Å². The van der Waals surface area contributed by atoms with E-state index in [9.17, 15) is 4.79 Å². The van der Waals surface area contributed by atoms with Crippen molar-refractivity contribution in [3.8, 4) is 5.82 Å². The molecule has 4 rings (SSSR count). The number of piperazine rings is 1. The van der Waals surface area contributed by atoms with Crippen molar-refractivity contribution >= 4 is 23.5 Å². The Morgan fingerprint density at radius 1 is 1.04 bits per heavy atom. The zero-order chi connectivity index (χ0) is 19.3. The third kappa shape index (κ3) is 4.30. The Morgan fingerprint density at radius 2 is 1.79 bits per heavy atom. The number of imidazole rings is 1. The van der Waals surface area contributed by atoms with E-state index in [0.29, 0.717) is 5.69 Å². The lowest BCUT2D eigenvalue weighted by Gasteiger charge is -2.34. The van der Waals surface area contributed by atoms with Crippen LogP contribution in [0.25, 0.3) is 5.82 Å². The summed E-state index contributed by atoms with van der Waals surface area (Å²) in [5.74, 6) is 3.90. The molecule has 8 nitrogen and oxygen atoms in total. The topological polar surface area (TPSA) is 70.4 Å². The number of aromatic nitrogens is 4. The second kappa shape index (κ2) is 8.91. The number of anilines is 1. The number of hydrogen-bond acceptors (Lipinski definition) is 7. The van der Waals surface area contributed by atoms with Crippen LogP contribution >= 0.6 is 11.8 Å². The van der Waals surface area contributed by atoms with Gasteiger partial charge in [0.25, 0.3) is 5.91 Å². The highest BCUT2D eigenvalue weighted by atomic mass is 32.2. The molecule has 0 N–H and O–H groups in total. The highest BCUT2D eigenvalue weighted by molar-refractivity contribution is 7.99. The molecule has 0 aliphatic carbocycles. The van der Waals surface area contributed by atoms with Gasteiger partial charge in [0.2, 0.25) is 0 Å². The molecular weight excluding hydrogens is 374 g/mol. The summed E-state index contributed by atoms with van der Waals surface area (Å²) in [6, 6.07) is 1.97. The smallest absolute Gasteiger partial charge is 0.274 e. The van der Waals surface area contributed by atoms with Gasteiger partial charge in [-0.25, -0.2) is 15.0 Å². The van der Waals surface area contributed by atoms with E-state index >= 15 is 0 Å². The lowest BCUT2D eigenvalue weighted by Crippen LogP contribution is -2.48. The molecule has 2 saturated heterocycles. The van der Waals surface area contributed by atoms with Crippen LogP contribution in [0.2, 0.25) is 0 Å². The Kier molecular flexibility index (Phi) is 6.11. The van der Waals surface area contributed by atoms with Crippen LogP contribution in [0.4, 0.5) is 5.82 Å². The van der Waals surface area contributed by atoms with Crippen LogP contribution in [0, 0.1) is 0 Å². The average Bonchev–Trinajstić information content (AvgIpc) is 3.25. The number of carbonyl (C=O) groups excluding carboxylic acids is 1. The normalized spacial score (nSPS) is 18.5. The molecule has 1 amide bonds. The minimum Gasteiger partial charge on any atom is -0.355 e. The van der Waals surface area contributed by atoms with Crippen molar-refractivity contribution in [3.05, 3.63) is 30.6 Å². The molecule has 0 bridgehead atoms. The second-order valence-electron chi connectivity index (χ2n) is 7.13. The minimum absolute atomic E-state index is 0.00256. The van der Waals surface area contributed by atoms with Gasteiger partial charge in [0, 0.05) is 63.0 Å². The molecule has 0 unspecified atom stereocenters. The first kappa shape index (κ1) is 19.2. The summed E-state index contributed by atoms with van der Waals surface area (Å²) in [5, 5.41) is 0. The molecule has 9 heteroatoms. The molecule has 0 saturated carbocycles. The van der Waals surface area contributed by atoms with Crippen molar-refractivity contribution < 1.29 is 4.79 Å². The molecule has 2 aliphatic heterocycles. The third-order valence-corrected chi connectivity index (χ3v) is 6.18. The van der Waals surface area contributed by atoms with Crippen molar-refractivity contribution in [2.24, 2.45) is 0 Å². The molecule has 28 heavy (non-hydrogen) atoms. The van der Waals surface area contributed by atoms with E-state index in [-0.39, 0.29) is 5.91 Å². The van der Waals surface area contributed by atoms with Gasteiger partial charge < -0.3 is 9.80 Å². The van der Waals surface area contributed by atoms with Gasteiger partial charge >= 0.3 is 0 Å². The first-order valence-corrected chi connectivity index (χ1v) is 11.1. The first-order chi connectivity index (χ1) is 13.7. The first-order valence-electron chi connectivity index (χ1n) is 9.95. The number of amides is 1. The van der Waals surface area contributed by atoms with E-state index in [1.165, 1.54) is 0 Å². The summed E-state index contributed by atoms with van der Waals surface area (Å²) < 4.78 is 1.81. The highest BCUT2D eigenvalue weighted by Gasteiger charge is 2.23. The maximum atomic E-state index is 12.8. The summed E-state index contributed by atoms with van der Waals surface area (Å²) in [4.78, 5) is 32.5. The molecule has 2 fully saturated rings. The second-order valence-corrected chi connectivity index (χ2v) is 8.36. The van der Waals surface area contributed by atoms with Gasteiger partial charge in [0.15, 0.2) is 0 Å². The Hall–Kier alpha value is -2.13. The molecule has 150 valence electrons. The van der Waals surface area contributed by atoms with Crippen molar-refractivity contribution in [1.82, 2.24) is 29.3 Å². The van der Waals surface area contributed by atoms with Gasteiger partial charge in [-0.2, -0.15) is 11.8 Å². The Balaban J connectivity index is 1.43. The van der Waals surface area contributed by atoms with Crippen LogP contribution in [0.15, 0.2) is 24.9 Å². The average molecular weight is 402 g/mol. The van der Waals surface area contributed by atoms with Crippen LogP contribution in [0.3, 0.4) is 0 Å². The Labute approximate surface area is 169 Å². The molecular formula is C19H27N7OS. The van der Waals surface area contributed by atoms with E-state index in [0.717, 1.165) is 75.4 Å². The van der Waals surface area contributed by atoms with Crippen molar-refractivity contribution in [1.29, 1.82) is 0 Å². The van der Waals surface area contributed by atoms with Gasteiger partial charge in [0.05, 0.1) is 0 Å². The standard InChI is InChI=1S/C19H27N7OS/c1-2-3-23-4-6-25(7-5-23)19(27)16-13-26(15-22-16)18-12-17(20-14-21-18)24-8-10-28-11-9-24/h12-15H,2-11H2,1H3. The number of rotatable bonds is 5. The number of hydrogen-bond donors (Lipinski definition) is 0. The zero-order valence-corrected chi connectivity index (χ0v) is 17.1. The predicted octanol–water partition coefficient (Wildman–Crippen LogP) is 1.38. The summed E-state index contributed by atoms with van der Waals surface area (Å²) in [5.41, 5.74) is 0.471. The zero-order valence-electron chi connectivity index (χ0n) is 16.3. The maximum absolute atomic E-state index is 12.8. The molecule has 2 aromatic heterocycles. The third-order valence-electron chi connectivity index (χ3n) is 5.24. The highest BCUT2D eigenvalue weighted by Crippen LogP contribution is 2.19. The lowest BCUT2D eigenvalue weighted by atomic mass is 10.2. The minimum atomic E-state index is -0.00256. The largest absolute Gasteiger partial charge is 0.355 e. The fourth-order valence-electron chi connectivity index (χ4n) is 3.66. The predicted molar refractivity (Wildman–Crippen MR) is 111 cm³/mol. The fourth-order valence-corrected chi connectivity index (χ4v) is 4.56. The van der Waals surface area contributed by atoms with Crippen LogP contribution in [0.5, 0.6) is 0 Å². The number of thioether (sulfide) groups is 1. The molecule has 0 spiro atoms. The fraction of sp³-hybridized carbons (Fsp3) is 0.579. The SMILES string of the molecule is CCCN1CCN(C(=O)c2cn(-c3cc(N4CCSCC4)ncn3)cn2)CC1. The molecule has 0 atom stereocenters. The van der Waals surface area contributed by atoms with Gasteiger partial charge in [-0.3, -0.25) is 14.3 Å². The van der Waals surface area contributed by atoms with Crippen LogP contribution in [-0.4, -0.2) is 92.5 Å². The van der Waals surface area contributed by atoms with Gasteiger partial charge in [-0.05, 0) is 13.0 Å². The van der Waals surface area contributed by atoms with E-state index in [4.69, 9.17) is 0 Å². The molecule has 0 aromatic carbocycles. The summed E-state index contributed by atoms with van der Waals surface area (Å²) in [6.07, 6.45) is 6.17. The Morgan fingerprint density at radius 3 is 2.54 bits per heavy atom. The van der Waals surface area contributed by atoms with E-state index in [1.807, 2.05) is 27.3 Å². The maximum Gasteiger partial charge on any atom is 0.274 e. The number of carbonyl (C=O) groups is 1. The molecule has 4 heterocycles. The van der Waals surface area contributed by atoms with Crippen LogP contribution in [0.1, 0.15) is 23.8 Å².